The SMILES string of the molecule is CCOC(=O)C1=C(c2ccccc2)N=c2s/c(=C\c3ccc(O)cc3)c(=O)n2[C@@H]1c1ccc(C(C)C)cc1. The Hall–Kier alpha value is -4.23. The van der Waals surface area contributed by atoms with Gasteiger partial charge in [-0.25, -0.2) is 9.79 Å². The molecule has 2 heterocycles. The Morgan fingerprint density at radius 3 is 2.37 bits per heavy atom. The van der Waals surface area contributed by atoms with Crippen molar-refractivity contribution in [2.24, 2.45) is 4.99 Å². The van der Waals surface area contributed by atoms with Gasteiger partial charge in [0.15, 0.2) is 4.80 Å². The number of hydrogen-bond acceptors (Lipinski definition) is 6. The van der Waals surface area contributed by atoms with E-state index in [2.05, 4.69) is 13.8 Å². The molecule has 1 aromatic heterocycles. The van der Waals surface area contributed by atoms with Crippen LogP contribution in [0, 0.1) is 0 Å². The first-order chi connectivity index (χ1) is 18.4. The summed E-state index contributed by atoms with van der Waals surface area (Å²) in [5.41, 5.74) is 4.11. The zero-order chi connectivity index (χ0) is 26.8. The summed E-state index contributed by atoms with van der Waals surface area (Å²) < 4.78 is 7.59. The van der Waals surface area contributed by atoms with E-state index in [0.29, 0.717) is 26.5 Å². The fourth-order valence-corrected chi connectivity index (χ4v) is 5.54. The number of benzene rings is 3. The Labute approximate surface area is 224 Å². The van der Waals surface area contributed by atoms with Gasteiger partial charge in [-0.1, -0.05) is 91.9 Å². The second-order valence-electron chi connectivity index (χ2n) is 9.34. The molecule has 0 saturated heterocycles. The van der Waals surface area contributed by atoms with E-state index in [-0.39, 0.29) is 17.9 Å². The smallest absolute Gasteiger partial charge is 0.338 e. The van der Waals surface area contributed by atoms with Crippen LogP contribution in [0.15, 0.2) is 94.2 Å². The number of fused-ring (bicyclic) bond motifs is 1. The van der Waals surface area contributed by atoms with Crippen LogP contribution < -0.4 is 14.9 Å². The van der Waals surface area contributed by atoms with Crippen molar-refractivity contribution in [3.8, 4) is 5.75 Å². The van der Waals surface area contributed by atoms with E-state index in [1.54, 1.807) is 41.8 Å². The first kappa shape index (κ1) is 25.4. The van der Waals surface area contributed by atoms with Crippen molar-refractivity contribution < 1.29 is 14.6 Å². The molecule has 5 rings (SSSR count). The molecule has 7 heteroatoms. The summed E-state index contributed by atoms with van der Waals surface area (Å²) in [5, 5.41) is 9.65. The maximum atomic E-state index is 13.9. The number of esters is 1. The Kier molecular flexibility index (Phi) is 7.11. The van der Waals surface area contributed by atoms with E-state index in [1.807, 2.05) is 54.6 Å². The lowest BCUT2D eigenvalue weighted by Gasteiger charge is -2.26. The number of hydrogen-bond donors (Lipinski definition) is 1. The van der Waals surface area contributed by atoms with Crippen molar-refractivity contribution in [1.29, 1.82) is 0 Å². The third kappa shape index (κ3) is 4.85. The number of carbonyl (C=O) groups is 1. The number of ether oxygens (including phenoxy) is 1. The van der Waals surface area contributed by atoms with Crippen LogP contribution in [0.1, 0.15) is 55.0 Å². The van der Waals surface area contributed by atoms with Crippen molar-refractivity contribution in [2.75, 3.05) is 6.61 Å². The molecule has 0 amide bonds. The number of rotatable bonds is 6. The molecule has 4 aromatic rings. The first-order valence-electron chi connectivity index (χ1n) is 12.5. The number of aromatic hydroxyl groups is 1. The van der Waals surface area contributed by atoms with Gasteiger partial charge in [-0.3, -0.25) is 9.36 Å². The molecule has 0 aliphatic carbocycles. The lowest BCUT2D eigenvalue weighted by molar-refractivity contribution is -0.138. The summed E-state index contributed by atoms with van der Waals surface area (Å²) in [6.07, 6.45) is 1.78. The zero-order valence-corrected chi connectivity index (χ0v) is 22.2. The van der Waals surface area contributed by atoms with E-state index in [1.165, 1.54) is 16.9 Å². The molecule has 1 aliphatic rings. The molecule has 38 heavy (non-hydrogen) atoms. The van der Waals surface area contributed by atoms with Gasteiger partial charge in [-0.2, -0.15) is 0 Å². The molecule has 1 atom stereocenters. The first-order valence-corrected chi connectivity index (χ1v) is 13.4. The number of nitrogens with zero attached hydrogens (tertiary/aromatic N) is 2. The standard InChI is InChI=1S/C31H28N2O4S/c1-4-37-30(36)26-27(22-8-6-5-7-9-22)32-31-33(28(26)23-14-12-21(13-15-23)19(2)3)29(35)25(38-31)18-20-10-16-24(34)17-11-20/h5-19,28,34H,4H2,1-3H3/b25-18-/t28-/m1/s1. The Balaban J connectivity index is 1.81. The monoisotopic (exact) mass is 524 g/mol. The summed E-state index contributed by atoms with van der Waals surface area (Å²) in [7, 11) is 0. The Morgan fingerprint density at radius 2 is 1.74 bits per heavy atom. The quantitative estimate of drug-likeness (QED) is 0.369. The van der Waals surface area contributed by atoms with E-state index in [0.717, 1.165) is 16.7 Å². The topological polar surface area (TPSA) is 80.9 Å². The molecule has 3 aromatic carbocycles. The molecule has 0 saturated carbocycles. The van der Waals surface area contributed by atoms with Gasteiger partial charge in [0.05, 0.1) is 28.5 Å². The molecule has 1 aliphatic heterocycles. The average Bonchev–Trinajstić information content (AvgIpc) is 3.24. The predicted molar refractivity (Wildman–Crippen MR) is 150 cm³/mol. The highest BCUT2D eigenvalue weighted by Crippen LogP contribution is 2.35. The van der Waals surface area contributed by atoms with Crippen LogP contribution in [0.4, 0.5) is 0 Å². The van der Waals surface area contributed by atoms with Gasteiger partial charge in [0.1, 0.15) is 5.75 Å². The zero-order valence-electron chi connectivity index (χ0n) is 21.4. The minimum Gasteiger partial charge on any atom is -0.508 e. The maximum Gasteiger partial charge on any atom is 0.338 e. The lowest BCUT2D eigenvalue weighted by atomic mass is 9.91. The van der Waals surface area contributed by atoms with Crippen LogP contribution in [-0.4, -0.2) is 22.2 Å². The highest BCUT2D eigenvalue weighted by Gasteiger charge is 2.35. The molecule has 1 N–H and O–H groups in total. The van der Waals surface area contributed by atoms with Crippen LogP contribution in [0.25, 0.3) is 11.8 Å². The summed E-state index contributed by atoms with van der Waals surface area (Å²) >= 11 is 1.27. The van der Waals surface area contributed by atoms with Crippen molar-refractivity contribution in [1.82, 2.24) is 4.57 Å². The molecule has 6 nitrogen and oxygen atoms in total. The second-order valence-corrected chi connectivity index (χ2v) is 10.4. The van der Waals surface area contributed by atoms with Gasteiger partial charge < -0.3 is 9.84 Å². The Morgan fingerprint density at radius 1 is 1.05 bits per heavy atom. The van der Waals surface area contributed by atoms with Crippen LogP contribution in [0.5, 0.6) is 5.75 Å². The molecule has 0 spiro atoms. The Bertz CT molecular complexity index is 1680. The van der Waals surface area contributed by atoms with Crippen molar-refractivity contribution >= 4 is 29.1 Å². The number of carbonyl (C=O) groups excluding carboxylic acids is 1. The van der Waals surface area contributed by atoms with Crippen LogP contribution >= 0.6 is 11.3 Å². The molecule has 0 fully saturated rings. The maximum absolute atomic E-state index is 13.9. The molecule has 0 radical (unpaired) electrons. The third-order valence-electron chi connectivity index (χ3n) is 6.48. The molecule has 0 bridgehead atoms. The summed E-state index contributed by atoms with van der Waals surface area (Å²) in [6.45, 7) is 6.21. The van der Waals surface area contributed by atoms with Gasteiger partial charge in [0.2, 0.25) is 0 Å². The molecule has 0 unspecified atom stereocenters. The summed E-state index contributed by atoms with van der Waals surface area (Å²) in [4.78, 5) is 32.7. The van der Waals surface area contributed by atoms with Gasteiger partial charge >= 0.3 is 5.97 Å². The highest BCUT2D eigenvalue weighted by atomic mass is 32.1. The minimum atomic E-state index is -0.705. The van der Waals surface area contributed by atoms with Gasteiger partial charge in [0.25, 0.3) is 5.56 Å². The summed E-state index contributed by atoms with van der Waals surface area (Å²) in [6, 6.07) is 23.5. The minimum absolute atomic E-state index is 0.153. The second kappa shape index (κ2) is 10.6. The van der Waals surface area contributed by atoms with E-state index < -0.39 is 12.0 Å². The van der Waals surface area contributed by atoms with E-state index >= 15 is 0 Å². The number of phenols is 1. The average molecular weight is 525 g/mol. The number of thiazole rings is 1. The highest BCUT2D eigenvalue weighted by molar-refractivity contribution is 7.07. The predicted octanol–water partition coefficient (Wildman–Crippen LogP) is 4.76. The fourth-order valence-electron chi connectivity index (χ4n) is 4.54. The van der Waals surface area contributed by atoms with Crippen molar-refractivity contribution in [3.05, 3.63) is 126 Å². The van der Waals surface area contributed by atoms with Crippen LogP contribution in [-0.2, 0) is 9.53 Å². The van der Waals surface area contributed by atoms with Crippen molar-refractivity contribution in [2.45, 2.75) is 32.7 Å². The summed E-state index contributed by atoms with van der Waals surface area (Å²) in [5.74, 6) is -0.00260. The van der Waals surface area contributed by atoms with Crippen molar-refractivity contribution in [3.63, 3.8) is 0 Å². The fraction of sp³-hybridized carbons (Fsp3) is 0.194. The van der Waals surface area contributed by atoms with Gasteiger partial charge in [0, 0.05) is 5.56 Å². The number of aromatic nitrogens is 1. The van der Waals surface area contributed by atoms with Gasteiger partial charge in [-0.05, 0) is 47.7 Å². The molecular weight excluding hydrogens is 496 g/mol. The van der Waals surface area contributed by atoms with Crippen LogP contribution in [0.2, 0.25) is 0 Å². The number of phenolic OH excluding ortho intramolecular Hbond substituents is 1. The largest absolute Gasteiger partial charge is 0.508 e. The molecule has 192 valence electrons. The van der Waals surface area contributed by atoms with Crippen LogP contribution in [0.3, 0.4) is 0 Å². The third-order valence-corrected chi connectivity index (χ3v) is 7.47. The molecular formula is C31H28N2O4S. The normalized spacial score (nSPS) is 15.4. The van der Waals surface area contributed by atoms with E-state index in [4.69, 9.17) is 9.73 Å². The lowest BCUT2D eigenvalue weighted by Crippen LogP contribution is -2.40. The van der Waals surface area contributed by atoms with Gasteiger partial charge in [-0.15, -0.1) is 0 Å². The van der Waals surface area contributed by atoms with E-state index in [9.17, 15) is 14.7 Å².